The smallest absolute Gasteiger partial charge is 0.343 e. The molecule has 0 radical (unpaired) electrons. The van der Waals surface area contributed by atoms with Crippen molar-refractivity contribution in [2.24, 2.45) is 0 Å². The standard InChI is InChI=1S/C16H11F3O5S/c1-8(2)10-11(17)14(12(18)13(19)15(10)25(21,22)23)24-16(20)9-6-4-3-5-7-9/h3-7H,1H2,2H3,(H,21,22,23). The molecule has 2 aromatic rings. The monoisotopic (exact) mass is 372 g/mol. The van der Waals surface area contributed by atoms with Crippen LogP contribution >= 0.6 is 0 Å². The van der Waals surface area contributed by atoms with E-state index in [9.17, 15) is 26.4 Å². The summed E-state index contributed by atoms with van der Waals surface area (Å²) in [6.07, 6.45) is 0. The van der Waals surface area contributed by atoms with Gasteiger partial charge < -0.3 is 4.74 Å². The number of carbonyl (C=O) groups excluding carboxylic acids is 1. The van der Waals surface area contributed by atoms with Gasteiger partial charge in [-0.05, 0) is 24.6 Å². The van der Waals surface area contributed by atoms with Crippen LogP contribution in [0.1, 0.15) is 22.8 Å². The van der Waals surface area contributed by atoms with E-state index >= 15 is 0 Å². The predicted octanol–water partition coefficient (Wildman–Crippen LogP) is 3.60. The molecule has 0 aliphatic heterocycles. The van der Waals surface area contributed by atoms with Gasteiger partial charge in [0.25, 0.3) is 10.1 Å². The summed E-state index contributed by atoms with van der Waals surface area (Å²) in [6.45, 7) is 4.37. The number of ether oxygens (including phenoxy) is 1. The van der Waals surface area contributed by atoms with Crippen LogP contribution in [-0.4, -0.2) is 18.9 Å². The van der Waals surface area contributed by atoms with Crippen LogP contribution in [0.2, 0.25) is 0 Å². The van der Waals surface area contributed by atoms with Crippen LogP contribution in [0.25, 0.3) is 5.57 Å². The van der Waals surface area contributed by atoms with Gasteiger partial charge >= 0.3 is 5.97 Å². The lowest BCUT2D eigenvalue weighted by atomic mass is 10.1. The fourth-order valence-corrected chi connectivity index (χ4v) is 2.90. The average molecular weight is 372 g/mol. The molecule has 0 amide bonds. The van der Waals surface area contributed by atoms with Gasteiger partial charge in [-0.2, -0.15) is 12.8 Å². The van der Waals surface area contributed by atoms with Crippen molar-refractivity contribution in [3.05, 3.63) is 65.5 Å². The summed E-state index contributed by atoms with van der Waals surface area (Å²) in [6, 6.07) is 7.09. The van der Waals surface area contributed by atoms with Crippen molar-refractivity contribution < 1.29 is 35.7 Å². The number of hydrogen-bond acceptors (Lipinski definition) is 4. The summed E-state index contributed by atoms with van der Waals surface area (Å²) >= 11 is 0. The topological polar surface area (TPSA) is 80.7 Å². The minimum absolute atomic E-state index is 0.0718. The Bertz CT molecular complexity index is 969. The fraction of sp³-hybridized carbons (Fsp3) is 0.0625. The van der Waals surface area contributed by atoms with Gasteiger partial charge in [0, 0.05) is 5.56 Å². The van der Waals surface area contributed by atoms with Crippen LogP contribution in [-0.2, 0) is 10.1 Å². The van der Waals surface area contributed by atoms with Crippen molar-refractivity contribution in [1.29, 1.82) is 0 Å². The van der Waals surface area contributed by atoms with E-state index in [0.29, 0.717) is 0 Å². The molecule has 0 aliphatic rings. The van der Waals surface area contributed by atoms with Gasteiger partial charge in [-0.3, -0.25) is 4.55 Å². The van der Waals surface area contributed by atoms with Crippen molar-refractivity contribution >= 4 is 21.7 Å². The van der Waals surface area contributed by atoms with Gasteiger partial charge in [-0.1, -0.05) is 24.8 Å². The number of hydrogen-bond donors (Lipinski definition) is 1. The van der Waals surface area contributed by atoms with Crippen molar-refractivity contribution in [3.8, 4) is 5.75 Å². The lowest BCUT2D eigenvalue weighted by molar-refractivity contribution is 0.0718. The molecule has 0 bridgehead atoms. The molecule has 9 heteroatoms. The molecule has 0 atom stereocenters. The Morgan fingerprint density at radius 1 is 1.08 bits per heavy atom. The molecule has 0 unspecified atom stereocenters. The molecule has 0 spiro atoms. The number of benzene rings is 2. The first-order valence-corrected chi connectivity index (χ1v) is 8.10. The molecule has 0 aliphatic carbocycles. The average Bonchev–Trinajstić information content (AvgIpc) is 2.53. The summed E-state index contributed by atoms with van der Waals surface area (Å²) in [5, 5.41) is 0. The normalized spacial score (nSPS) is 11.2. The molecule has 0 aromatic heterocycles. The van der Waals surface area contributed by atoms with Crippen LogP contribution in [0.15, 0.2) is 41.8 Å². The van der Waals surface area contributed by atoms with Gasteiger partial charge in [0.15, 0.2) is 11.6 Å². The highest BCUT2D eigenvalue weighted by Gasteiger charge is 2.33. The first kappa shape index (κ1) is 18.7. The van der Waals surface area contributed by atoms with Crippen LogP contribution in [0.3, 0.4) is 0 Å². The molecular weight excluding hydrogens is 361 g/mol. The Kier molecular flexibility index (Phi) is 5.00. The quantitative estimate of drug-likeness (QED) is 0.384. The van der Waals surface area contributed by atoms with E-state index in [2.05, 4.69) is 11.3 Å². The van der Waals surface area contributed by atoms with E-state index in [-0.39, 0.29) is 11.1 Å². The molecule has 132 valence electrons. The van der Waals surface area contributed by atoms with Crippen molar-refractivity contribution in [2.45, 2.75) is 11.8 Å². The minimum atomic E-state index is -5.31. The van der Waals surface area contributed by atoms with Gasteiger partial charge in [-0.25, -0.2) is 13.6 Å². The summed E-state index contributed by atoms with van der Waals surface area (Å²) < 4.78 is 78.8. The number of halogens is 3. The molecule has 5 nitrogen and oxygen atoms in total. The third-order valence-corrected chi connectivity index (χ3v) is 4.03. The lowest BCUT2D eigenvalue weighted by Gasteiger charge is -2.14. The third-order valence-electron chi connectivity index (χ3n) is 3.13. The highest BCUT2D eigenvalue weighted by atomic mass is 32.2. The van der Waals surface area contributed by atoms with E-state index in [4.69, 9.17) is 4.55 Å². The van der Waals surface area contributed by atoms with Gasteiger partial charge in [-0.15, -0.1) is 0 Å². The van der Waals surface area contributed by atoms with E-state index in [1.54, 1.807) is 6.07 Å². The van der Waals surface area contributed by atoms with Crippen LogP contribution in [0.5, 0.6) is 5.75 Å². The molecule has 0 saturated carbocycles. The van der Waals surface area contributed by atoms with Crippen molar-refractivity contribution in [2.75, 3.05) is 0 Å². The first-order valence-electron chi connectivity index (χ1n) is 6.66. The maximum Gasteiger partial charge on any atom is 0.343 e. The summed E-state index contributed by atoms with van der Waals surface area (Å²) in [5.41, 5.74) is -1.42. The number of carbonyl (C=O) groups is 1. The van der Waals surface area contributed by atoms with Crippen LogP contribution in [0, 0.1) is 17.5 Å². The lowest BCUT2D eigenvalue weighted by Crippen LogP contribution is -2.16. The Balaban J connectivity index is 2.69. The SMILES string of the molecule is C=C(C)c1c(F)c(OC(=O)c2ccccc2)c(F)c(F)c1S(=O)(=O)O. The molecule has 25 heavy (non-hydrogen) atoms. The van der Waals surface area contributed by atoms with Crippen molar-refractivity contribution in [3.63, 3.8) is 0 Å². The Labute approximate surface area is 141 Å². The molecule has 2 aromatic carbocycles. The minimum Gasteiger partial charge on any atom is -0.416 e. The summed E-state index contributed by atoms with van der Waals surface area (Å²) in [7, 11) is -5.31. The fourth-order valence-electron chi connectivity index (χ4n) is 2.06. The molecule has 1 N–H and O–H groups in total. The molecule has 0 heterocycles. The zero-order valence-corrected chi connectivity index (χ0v) is 13.5. The number of allylic oxidation sites excluding steroid dienone is 1. The second-order valence-corrected chi connectivity index (χ2v) is 6.34. The molecule has 0 fully saturated rings. The number of esters is 1. The van der Waals surface area contributed by atoms with Crippen LogP contribution < -0.4 is 4.74 Å². The van der Waals surface area contributed by atoms with E-state index < -0.39 is 49.7 Å². The zero-order chi connectivity index (χ0) is 18.9. The highest BCUT2D eigenvalue weighted by molar-refractivity contribution is 7.86. The van der Waals surface area contributed by atoms with Gasteiger partial charge in [0.2, 0.25) is 11.6 Å². The molecule has 2 rings (SSSR count). The van der Waals surface area contributed by atoms with Gasteiger partial charge in [0.05, 0.1) is 5.56 Å². The Morgan fingerprint density at radius 2 is 1.64 bits per heavy atom. The Hall–Kier alpha value is -2.65. The first-order chi connectivity index (χ1) is 11.6. The Morgan fingerprint density at radius 3 is 2.12 bits per heavy atom. The van der Waals surface area contributed by atoms with E-state index in [1.807, 2.05) is 0 Å². The second kappa shape index (κ2) is 6.69. The van der Waals surface area contributed by atoms with E-state index in [1.165, 1.54) is 24.3 Å². The molecule has 0 saturated heterocycles. The predicted molar refractivity (Wildman–Crippen MR) is 82.2 cm³/mol. The van der Waals surface area contributed by atoms with E-state index in [0.717, 1.165) is 6.92 Å². The second-order valence-electron chi connectivity index (χ2n) is 4.99. The number of rotatable bonds is 4. The largest absolute Gasteiger partial charge is 0.416 e. The highest BCUT2D eigenvalue weighted by Crippen LogP contribution is 2.36. The van der Waals surface area contributed by atoms with Gasteiger partial charge in [0.1, 0.15) is 4.90 Å². The zero-order valence-electron chi connectivity index (χ0n) is 12.7. The van der Waals surface area contributed by atoms with Crippen LogP contribution in [0.4, 0.5) is 13.2 Å². The van der Waals surface area contributed by atoms with Crippen molar-refractivity contribution in [1.82, 2.24) is 0 Å². The summed E-state index contributed by atoms with van der Waals surface area (Å²) in [5.74, 6) is -8.46. The maximum absolute atomic E-state index is 14.5. The maximum atomic E-state index is 14.5. The third kappa shape index (κ3) is 3.57. The molecular formula is C16H11F3O5S. The summed E-state index contributed by atoms with van der Waals surface area (Å²) in [4.78, 5) is 10.3.